The highest BCUT2D eigenvalue weighted by molar-refractivity contribution is 5.86. The topological polar surface area (TPSA) is 37.4 Å². The second kappa shape index (κ2) is 6.36. The molecule has 0 N–H and O–H groups in total. The SMILES string of the molecule is CCC1CN(C(=O)C2CCC(C(F)(F)F)CC2)CCC1=O. The molecule has 1 aliphatic carbocycles. The molecule has 1 aliphatic heterocycles. The average Bonchev–Trinajstić information content (AvgIpc) is 2.46. The summed E-state index contributed by atoms with van der Waals surface area (Å²) in [7, 11) is 0. The largest absolute Gasteiger partial charge is 0.391 e. The molecule has 0 aromatic carbocycles. The van der Waals surface area contributed by atoms with Crippen LogP contribution >= 0.6 is 0 Å². The van der Waals surface area contributed by atoms with E-state index in [1.54, 1.807) is 4.90 Å². The van der Waals surface area contributed by atoms with Crippen LogP contribution in [0.2, 0.25) is 0 Å². The van der Waals surface area contributed by atoms with E-state index in [1.807, 2.05) is 6.92 Å². The van der Waals surface area contributed by atoms with Crippen LogP contribution < -0.4 is 0 Å². The number of carbonyl (C=O) groups excluding carboxylic acids is 2. The normalized spacial score (nSPS) is 31.3. The van der Waals surface area contributed by atoms with Gasteiger partial charge in [0.15, 0.2) is 0 Å². The third kappa shape index (κ3) is 3.77. The fourth-order valence-corrected chi connectivity index (χ4v) is 3.39. The summed E-state index contributed by atoms with van der Waals surface area (Å²) in [6, 6.07) is 0. The number of alkyl halides is 3. The molecule has 0 aromatic heterocycles. The molecule has 3 nitrogen and oxygen atoms in total. The molecule has 21 heavy (non-hydrogen) atoms. The summed E-state index contributed by atoms with van der Waals surface area (Å²) >= 11 is 0. The van der Waals surface area contributed by atoms with Crippen LogP contribution in [0.1, 0.15) is 45.4 Å². The number of Topliss-reactive ketones (excluding diaryl/α,β-unsaturated/α-hetero) is 1. The fourth-order valence-electron chi connectivity index (χ4n) is 3.39. The lowest BCUT2D eigenvalue weighted by molar-refractivity contribution is -0.185. The van der Waals surface area contributed by atoms with Gasteiger partial charge in [-0.15, -0.1) is 0 Å². The molecular formula is C15H22F3NO2. The van der Waals surface area contributed by atoms with Crippen molar-refractivity contribution in [2.75, 3.05) is 13.1 Å². The van der Waals surface area contributed by atoms with Crippen molar-refractivity contribution >= 4 is 11.7 Å². The van der Waals surface area contributed by atoms with Gasteiger partial charge in [0.05, 0.1) is 5.92 Å². The van der Waals surface area contributed by atoms with Crippen molar-refractivity contribution in [1.82, 2.24) is 4.90 Å². The van der Waals surface area contributed by atoms with Gasteiger partial charge < -0.3 is 4.90 Å². The van der Waals surface area contributed by atoms with Crippen LogP contribution in [0.4, 0.5) is 13.2 Å². The maximum Gasteiger partial charge on any atom is 0.391 e. The van der Waals surface area contributed by atoms with Gasteiger partial charge >= 0.3 is 6.18 Å². The van der Waals surface area contributed by atoms with E-state index in [-0.39, 0.29) is 36.4 Å². The standard InChI is InChI=1S/C15H22F3NO2/c1-2-10-9-19(8-7-13(10)20)14(21)11-3-5-12(6-4-11)15(16,17)18/h10-12H,2-9H2,1H3. The first-order valence-corrected chi connectivity index (χ1v) is 7.71. The second-order valence-corrected chi connectivity index (χ2v) is 6.20. The first-order chi connectivity index (χ1) is 9.82. The molecule has 2 aliphatic rings. The van der Waals surface area contributed by atoms with Gasteiger partial charge in [0.25, 0.3) is 0 Å². The molecule has 1 heterocycles. The predicted molar refractivity (Wildman–Crippen MR) is 71.5 cm³/mol. The molecule has 0 aromatic rings. The van der Waals surface area contributed by atoms with Gasteiger partial charge in [-0.1, -0.05) is 6.92 Å². The van der Waals surface area contributed by atoms with Gasteiger partial charge in [-0.3, -0.25) is 9.59 Å². The Labute approximate surface area is 122 Å². The summed E-state index contributed by atoms with van der Waals surface area (Å²) in [5.74, 6) is -1.51. The van der Waals surface area contributed by atoms with Crippen molar-refractivity contribution in [2.45, 2.75) is 51.6 Å². The van der Waals surface area contributed by atoms with Crippen molar-refractivity contribution in [3.63, 3.8) is 0 Å². The quantitative estimate of drug-likeness (QED) is 0.786. The number of amides is 1. The number of halogens is 3. The van der Waals surface area contributed by atoms with Crippen LogP contribution in [0.5, 0.6) is 0 Å². The van der Waals surface area contributed by atoms with Crippen molar-refractivity contribution in [3.05, 3.63) is 0 Å². The molecule has 120 valence electrons. The smallest absolute Gasteiger partial charge is 0.341 e. The van der Waals surface area contributed by atoms with Gasteiger partial charge in [-0.25, -0.2) is 0 Å². The predicted octanol–water partition coefficient (Wildman–Crippen LogP) is 3.18. The number of hydrogen-bond donors (Lipinski definition) is 0. The third-order valence-electron chi connectivity index (χ3n) is 4.87. The van der Waals surface area contributed by atoms with E-state index in [0.717, 1.165) is 0 Å². The lowest BCUT2D eigenvalue weighted by Crippen LogP contribution is -2.47. The molecule has 6 heteroatoms. The first-order valence-electron chi connectivity index (χ1n) is 7.71. The van der Waals surface area contributed by atoms with E-state index >= 15 is 0 Å². The van der Waals surface area contributed by atoms with Crippen molar-refractivity contribution in [3.8, 4) is 0 Å². The molecule has 1 amide bonds. The summed E-state index contributed by atoms with van der Waals surface area (Å²) in [5, 5.41) is 0. The van der Waals surface area contributed by atoms with Crippen molar-refractivity contribution in [1.29, 1.82) is 0 Å². The molecule has 1 saturated heterocycles. The third-order valence-corrected chi connectivity index (χ3v) is 4.87. The van der Waals surface area contributed by atoms with Crippen LogP contribution in [0.15, 0.2) is 0 Å². The maximum absolute atomic E-state index is 12.6. The van der Waals surface area contributed by atoms with E-state index in [9.17, 15) is 22.8 Å². The molecule has 1 atom stereocenters. The fraction of sp³-hybridized carbons (Fsp3) is 0.867. The van der Waals surface area contributed by atoms with Gasteiger partial charge in [-0.2, -0.15) is 13.2 Å². The van der Waals surface area contributed by atoms with Gasteiger partial charge in [0, 0.05) is 31.3 Å². The van der Waals surface area contributed by atoms with Gasteiger partial charge in [-0.05, 0) is 32.1 Å². The van der Waals surface area contributed by atoms with Crippen LogP contribution in [-0.2, 0) is 9.59 Å². The summed E-state index contributed by atoms with van der Waals surface area (Å²) in [5.41, 5.74) is 0. The summed E-state index contributed by atoms with van der Waals surface area (Å²) < 4.78 is 37.9. The monoisotopic (exact) mass is 305 g/mol. The molecular weight excluding hydrogens is 283 g/mol. The van der Waals surface area contributed by atoms with E-state index in [2.05, 4.69) is 0 Å². The Morgan fingerprint density at radius 1 is 1.24 bits per heavy atom. The minimum atomic E-state index is -4.14. The number of rotatable bonds is 2. The highest BCUT2D eigenvalue weighted by Crippen LogP contribution is 2.40. The molecule has 1 unspecified atom stereocenters. The molecule has 0 bridgehead atoms. The van der Waals surface area contributed by atoms with Crippen LogP contribution in [0, 0.1) is 17.8 Å². The molecule has 1 saturated carbocycles. The Morgan fingerprint density at radius 3 is 2.38 bits per heavy atom. The van der Waals surface area contributed by atoms with E-state index in [4.69, 9.17) is 0 Å². The Hall–Kier alpha value is -1.07. The minimum absolute atomic E-state index is 0.0455. The van der Waals surface area contributed by atoms with Crippen molar-refractivity contribution in [2.24, 2.45) is 17.8 Å². The van der Waals surface area contributed by atoms with Crippen LogP contribution in [-0.4, -0.2) is 35.9 Å². The number of ketones is 1. The number of hydrogen-bond acceptors (Lipinski definition) is 2. The zero-order valence-electron chi connectivity index (χ0n) is 12.3. The highest BCUT2D eigenvalue weighted by Gasteiger charge is 2.43. The second-order valence-electron chi connectivity index (χ2n) is 6.20. The van der Waals surface area contributed by atoms with E-state index in [0.29, 0.717) is 38.8 Å². The van der Waals surface area contributed by atoms with Gasteiger partial charge in [0.1, 0.15) is 5.78 Å². The zero-order valence-corrected chi connectivity index (χ0v) is 12.3. The van der Waals surface area contributed by atoms with E-state index < -0.39 is 12.1 Å². The zero-order chi connectivity index (χ0) is 15.6. The Morgan fingerprint density at radius 2 is 1.86 bits per heavy atom. The highest BCUT2D eigenvalue weighted by atomic mass is 19.4. The lowest BCUT2D eigenvalue weighted by Gasteiger charge is -2.36. The van der Waals surface area contributed by atoms with Crippen LogP contribution in [0.3, 0.4) is 0 Å². The maximum atomic E-state index is 12.6. The van der Waals surface area contributed by atoms with Crippen LogP contribution in [0.25, 0.3) is 0 Å². The van der Waals surface area contributed by atoms with E-state index in [1.165, 1.54) is 0 Å². The molecule has 2 fully saturated rings. The molecule has 0 radical (unpaired) electrons. The minimum Gasteiger partial charge on any atom is -0.341 e. The molecule has 2 rings (SSSR count). The Balaban J connectivity index is 1.89. The summed E-state index contributed by atoms with van der Waals surface area (Å²) in [4.78, 5) is 25.8. The van der Waals surface area contributed by atoms with Crippen molar-refractivity contribution < 1.29 is 22.8 Å². The first kappa shape index (κ1) is 16.3. The molecule has 0 spiro atoms. The number of carbonyl (C=O) groups is 2. The number of nitrogens with zero attached hydrogens (tertiary/aromatic N) is 1. The Kier molecular flexibility index (Phi) is 4.94. The van der Waals surface area contributed by atoms with Gasteiger partial charge in [0.2, 0.25) is 5.91 Å². The number of likely N-dealkylation sites (tertiary alicyclic amines) is 1. The number of piperidine rings is 1. The lowest BCUT2D eigenvalue weighted by atomic mass is 9.80. The Bertz CT molecular complexity index is 400. The summed E-state index contributed by atoms with van der Waals surface area (Å²) in [6.07, 6.45) is -2.34. The average molecular weight is 305 g/mol. The summed E-state index contributed by atoms with van der Waals surface area (Å²) in [6.45, 7) is 2.78.